The lowest BCUT2D eigenvalue weighted by Crippen LogP contribution is -2.25. The van der Waals surface area contributed by atoms with Gasteiger partial charge in [-0.05, 0) is 80.9 Å². The molecule has 3 heteroatoms. The molecule has 0 fully saturated rings. The van der Waals surface area contributed by atoms with Gasteiger partial charge in [0.1, 0.15) is 22.6 Å². The van der Waals surface area contributed by atoms with E-state index in [4.69, 9.17) is 9.40 Å². The van der Waals surface area contributed by atoms with Crippen LogP contribution in [-0.4, -0.2) is 9.55 Å². The summed E-state index contributed by atoms with van der Waals surface area (Å²) in [5, 5.41) is 1.16. The molecule has 0 radical (unpaired) electrons. The number of benzene rings is 7. The van der Waals surface area contributed by atoms with Crippen molar-refractivity contribution in [2.24, 2.45) is 0 Å². The van der Waals surface area contributed by atoms with E-state index in [0.717, 1.165) is 44.8 Å². The second-order valence-corrected chi connectivity index (χ2v) is 13.1. The van der Waals surface area contributed by atoms with Crippen LogP contribution in [0, 0.1) is 0 Å². The number of aromatic nitrogens is 2. The van der Waals surface area contributed by atoms with E-state index in [2.05, 4.69) is 174 Å². The fourth-order valence-corrected chi connectivity index (χ4v) is 8.60. The third kappa shape index (κ3) is 3.49. The van der Waals surface area contributed by atoms with E-state index in [-0.39, 0.29) is 0 Å². The van der Waals surface area contributed by atoms with Crippen LogP contribution in [0.5, 0.6) is 0 Å². The Bertz CT molecular complexity index is 2770. The SMILES string of the molecule is c1ccc(-c2ccc(-n3c(-c4ccc5c(c4)-c4ccccc4C54c5ccccc5-c5c4oc4ccccc54)nc4ccccc43)cc2)cc1. The third-order valence-electron chi connectivity index (χ3n) is 10.6. The van der Waals surface area contributed by atoms with Gasteiger partial charge in [0.15, 0.2) is 0 Å². The van der Waals surface area contributed by atoms with Gasteiger partial charge in [-0.3, -0.25) is 4.57 Å². The lowest BCUT2D eigenvalue weighted by atomic mass is 9.73. The molecule has 0 bridgehead atoms. The van der Waals surface area contributed by atoms with Crippen molar-refractivity contribution in [3.05, 3.63) is 192 Å². The summed E-state index contributed by atoms with van der Waals surface area (Å²) < 4.78 is 9.20. The number of rotatable bonds is 3. The molecule has 0 saturated heterocycles. The van der Waals surface area contributed by atoms with E-state index in [9.17, 15) is 0 Å². The highest BCUT2D eigenvalue weighted by Gasteiger charge is 2.55. The molecule has 3 nitrogen and oxygen atoms in total. The smallest absolute Gasteiger partial charge is 0.145 e. The minimum absolute atomic E-state index is 0.539. The zero-order valence-electron chi connectivity index (χ0n) is 26.5. The quantitative estimate of drug-likeness (QED) is 0.196. The summed E-state index contributed by atoms with van der Waals surface area (Å²) in [6, 6.07) is 60.8. The summed E-state index contributed by atoms with van der Waals surface area (Å²) in [7, 11) is 0. The van der Waals surface area contributed by atoms with Gasteiger partial charge in [0.2, 0.25) is 0 Å². The standard InChI is InChI=1S/C46H28N2O/c1-2-12-29(13-3-1)30-22-25-32(26-23-30)48-41-20-10-9-19-40(41)47-45(48)31-24-27-39-36(28-31)33-14-4-7-17-37(33)46(39)38-18-8-5-15-34(38)43-35-16-6-11-21-42(35)49-44(43)46/h1-28H. The highest BCUT2D eigenvalue weighted by atomic mass is 16.3. The first kappa shape index (κ1) is 26.6. The van der Waals surface area contributed by atoms with Gasteiger partial charge in [-0.15, -0.1) is 0 Å². The summed E-state index contributed by atoms with van der Waals surface area (Å²) in [5.74, 6) is 1.94. The molecule has 9 aromatic rings. The number of hydrogen-bond acceptors (Lipinski definition) is 2. The van der Waals surface area contributed by atoms with Gasteiger partial charge in [-0.2, -0.15) is 0 Å². The van der Waals surface area contributed by atoms with Crippen LogP contribution in [0.3, 0.4) is 0 Å². The Kier molecular flexibility index (Phi) is 5.31. The van der Waals surface area contributed by atoms with Crippen molar-refractivity contribution in [1.82, 2.24) is 9.55 Å². The Balaban J connectivity index is 1.15. The average molecular weight is 625 g/mol. The van der Waals surface area contributed by atoms with E-state index in [1.54, 1.807) is 0 Å². The molecule has 2 aliphatic rings. The van der Waals surface area contributed by atoms with Crippen LogP contribution in [0.1, 0.15) is 22.5 Å². The van der Waals surface area contributed by atoms with Gasteiger partial charge in [-0.1, -0.05) is 133 Å². The highest BCUT2D eigenvalue weighted by molar-refractivity contribution is 6.04. The van der Waals surface area contributed by atoms with Gasteiger partial charge >= 0.3 is 0 Å². The van der Waals surface area contributed by atoms with E-state index in [1.807, 2.05) is 0 Å². The van der Waals surface area contributed by atoms with Crippen molar-refractivity contribution < 1.29 is 4.42 Å². The van der Waals surface area contributed by atoms with Gasteiger partial charge in [-0.25, -0.2) is 4.98 Å². The summed E-state index contributed by atoms with van der Waals surface area (Å²) in [5.41, 5.74) is 15.7. The molecule has 2 heterocycles. The minimum atomic E-state index is -0.539. The zero-order valence-corrected chi connectivity index (χ0v) is 26.5. The number of para-hydroxylation sites is 3. The number of fused-ring (bicyclic) bond motifs is 13. The Morgan fingerprint density at radius 3 is 1.98 bits per heavy atom. The number of furan rings is 1. The van der Waals surface area contributed by atoms with Crippen LogP contribution in [-0.2, 0) is 5.41 Å². The van der Waals surface area contributed by atoms with E-state index < -0.39 is 5.41 Å². The summed E-state index contributed by atoms with van der Waals surface area (Å²) in [4.78, 5) is 5.26. The molecule has 2 aliphatic carbocycles. The fraction of sp³-hybridized carbons (Fsp3) is 0.0217. The van der Waals surface area contributed by atoms with Crippen LogP contribution in [0.4, 0.5) is 0 Å². The molecule has 228 valence electrons. The van der Waals surface area contributed by atoms with Crippen molar-refractivity contribution in [3.63, 3.8) is 0 Å². The van der Waals surface area contributed by atoms with Crippen LogP contribution >= 0.6 is 0 Å². The molecule has 0 amide bonds. The highest BCUT2D eigenvalue weighted by Crippen LogP contribution is 2.64. The maximum absolute atomic E-state index is 6.90. The number of imidazole rings is 1. The maximum atomic E-state index is 6.90. The fourth-order valence-electron chi connectivity index (χ4n) is 8.60. The molecule has 0 aliphatic heterocycles. The van der Waals surface area contributed by atoms with Crippen LogP contribution in [0.15, 0.2) is 174 Å². The molecular formula is C46H28N2O. The van der Waals surface area contributed by atoms with Crippen molar-refractivity contribution in [2.45, 2.75) is 5.41 Å². The predicted molar refractivity (Wildman–Crippen MR) is 198 cm³/mol. The molecule has 7 aromatic carbocycles. The first-order valence-electron chi connectivity index (χ1n) is 16.8. The molecular weight excluding hydrogens is 597 g/mol. The molecule has 11 rings (SSSR count). The third-order valence-corrected chi connectivity index (χ3v) is 10.6. The average Bonchev–Trinajstić information content (AvgIpc) is 3.90. The second kappa shape index (κ2) is 9.79. The first-order valence-corrected chi connectivity index (χ1v) is 16.8. The largest absolute Gasteiger partial charge is 0.459 e. The number of nitrogens with zero attached hydrogens (tertiary/aromatic N) is 2. The van der Waals surface area contributed by atoms with Gasteiger partial charge < -0.3 is 4.42 Å². The van der Waals surface area contributed by atoms with Gasteiger partial charge in [0, 0.05) is 22.2 Å². The van der Waals surface area contributed by atoms with Crippen molar-refractivity contribution in [2.75, 3.05) is 0 Å². The normalized spacial score (nSPS) is 15.4. The molecule has 0 N–H and O–H groups in total. The minimum Gasteiger partial charge on any atom is -0.459 e. The molecule has 1 atom stereocenters. The lowest BCUT2D eigenvalue weighted by molar-refractivity contribution is 0.507. The van der Waals surface area contributed by atoms with Crippen molar-refractivity contribution >= 4 is 22.0 Å². The summed E-state index contributed by atoms with van der Waals surface area (Å²) >= 11 is 0. The summed E-state index contributed by atoms with van der Waals surface area (Å²) in [6.07, 6.45) is 0. The molecule has 1 spiro atoms. The topological polar surface area (TPSA) is 31.0 Å². The van der Waals surface area contributed by atoms with Gasteiger partial charge in [0.25, 0.3) is 0 Å². The van der Waals surface area contributed by atoms with E-state index in [0.29, 0.717) is 0 Å². The predicted octanol–water partition coefficient (Wildman–Crippen LogP) is 11.4. The van der Waals surface area contributed by atoms with Gasteiger partial charge in [0.05, 0.1) is 11.0 Å². The molecule has 0 saturated carbocycles. The van der Waals surface area contributed by atoms with E-state index >= 15 is 0 Å². The zero-order chi connectivity index (χ0) is 32.1. The Morgan fingerprint density at radius 2 is 1.12 bits per heavy atom. The molecule has 1 unspecified atom stereocenters. The van der Waals surface area contributed by atoms with Crippen LogP contribution in [0.25, 0.3) is 72.5 Å². The molecule has 49 heavy (non-hydrogen) atoms. The Labute approximate surface area is 283 Å². The summed E-state index contributed by atoms with van der Waals surface area (Å²) in [6.45, 7) is 0. The van der Waals surface area contributed by atoms with E-state index in [1.165, 1.54) is 50.1 Å². The van der Waals surface area contributed by atoms with Crippen molar-refractivity contribution in [3.8, 4) is 50.5 Å². The Hall–Kier alpha value is -6.45. The van der Waals surface area contributed by atoms with Crippen molar-refractivity contribution in [1.29, 1.82) is 0 Å². The number of hydrogen-bond donors (Lipinski definition) is 0. The maximum Gasteiger partial charge on any atom is 0.145 e. The lowest BCUT2D eigenvalue weighted by Gasteiger charge is -2.28. The monoisotopic (exact) mass is 624 g/mol. The van der Waals surface area contributed by atoms with Crippen LogP contribution in [0.2, 0.25) is 0 Å². The Morgan fingerprint density at radius 1 is 0.490 bits per heavy atom. The first-order chi connectivity index (χ1) is 24.3. The van der Waals surface area contributed by atoms with Crippen LogP contribution < -0.4 is 0 Å². The molecule has 2 aromatic heterocycles. The second-order valence-electron chi connectivity index (χ2n) is 13.1.